The van der Waals surface area contributed by atoms with Crippen LogP contribution in [-0.4, -0.2) is 47.3 Å². The third-order valence-corrected chi connectivity index (χ3v) is 3.94. The number of carbonyl (C=O) groups is 1. The van der Waals surface area contributed by atoms with Crippen LogP contribution < -0.4 is 4.74 Å². The fraction of sp³-hybridized carbons (Fsp3) is 0.533. The molecule has 2 N–H and O–H groups in total. The molecule has 0 radical (unpaired) electrons. The highest BCUT2D eigenvalue weighted by atomic mass is 16.5. The first-order chi connectivity index (χ1) is 9.52. The molecule has 1 saturated heterocycles. The zero-order valence-electron chi connectivity index (χ0n) is 11.9. The van der Waals surface area contributed by atoms with E-state index >= 15 is 0 Å². The molecule has 1 aromatic rings. The summed E-state index contributed by atoms with van der Waals surface area (Å²) in [5, 5.41) is 19.5. The number of likely N-dealkylation sites (tertiary alicyclic amines) is 1. The number of amides is 1. The highest BCUT2D eigenvalue weighted by Crippen LogP contribution is 2.27. The van der Waals surface area contributed by atoms with Gasteiger partial charge in [-0.3, -0.25) is 4.79 Å². The number of rotatable bonds is 3. The molecule has 0 saturated carbocycles. The topological polar surface area (TPSA) is 70.0 Å². The zero-order chi connectivity index (χ0) is 14.7. The summed E-state index contributed by atoms with van der Waals surface area (Å²) in [7, 11) is 1.51. The smallest absolute Gasteiger partial charge is 0.257 e. The van der Waals surface area contributed by atoms with Gasteiger partial charge in [-0.15, -0.1) is 0 Å². The Morgan fingerprint density at radius 3 is 2.55 bits per heavy atom. The number of aromatic hydroxyl groups is 1. The minimum Gasteiger partial charge on any atom is -0.507 e. The maximum Gasteiger partial charge on any atom is 0.257 e. The number of nitrogens with zero attached hydrogens (tertiary/aromatic N) is 1. The SMILES string of the molecule is COc1ccc(C(=O)N2CCC(C(C)O)CC2)c(O)c1. The predicted molar refractivity (Wildman–Crippen MR) is 75.0 cm³/mol. The van der Waals surface area contributed by atoms with Gasteiger partial charge in [0.15, 0.2) is 0 Å². The van der Waals surface area contributed by atoms with Crippen molar-refractivity contribution in [2.24, 2.45) is 5.92 Å². The largest absolute Gasteiger partial charge is 0.507 e. The second-order valence-corrected chi connectivity index (χ2v) is 5.25. The summed E-state index contributed by atoms with van der Waals surface area (Å²) in [4.78, 5) is 14.1. The van der Waals surface area contributed by atoms with Crippen molar-refractivity contribution in [3.8, 4) is 11.5 Å². The van der Waals surface area contributed by atoms with E-state index in [0.717, 1.165) is 12.8 Å². The van der Waals surface area contributed by atoms with Crippen LogP contribution in [0.1, 0.15) is 30.1 Å². The van der Waals surface area contributed by atoms with Gasteiger partial charge in [-0.2, -0.15) is 0 Å². The Bertz CT molecular complexity index is 479. The van der Waals surface area contributed by atoms with Crippen LogP contribution >= 0.6 is 0 Å². The highest BCUT2D eigenvalue weighted by molar-refractivity contribution is 5.97. The Hall–Kier alpha value is -1.75. The Labute approximate surface area is 118 Å². The number of carbonyl (C=O) groups excluding carboxylic acids is 1. The molecule has 1 unspecified atom stereocenters. The van der Waals surface area contributed by atoms with Gasteiger partial charge in [0.2, 0.25) is 0 Å². The number of aliphatic hydroxyl groups is 1. The molecule has 0 aromatic heterocycles. The van der Waals surface area contributed by atoms with E-state index in [2.05, 4.69) is 0 Å². The summed E-state index contributed by atoms with van der Waals surface area (Å²) >= 11 is 0. The van der Waals surface area contributed by atoms with E-state index in [0.29, 0.717) is 24.4 Å². The molecule has 5 nitrogen and oxygen atoms in total. The summed E-state index contributed by atoms with van der Waals surface area (Å²) in [5.74, 6) is 0.538. The van der Waals surface area contributed by atoms with Gasteiger partial charge in [-0.05, 0) is 37.8 Å². The van der Waals surface area contributed by atoms with E-state index in [1.54, 1.807) is 24.0 Å². The molecule has 1 aliphatic heterocycles. The molecular formula is C15H21NO4. The lowest BCUT2D eigenvalue weighted by Crippen LogP contribution is -2.40. The third kappa shape index (κ3) is 3.04. The molecule has 20 heavy (non-hydrogen) atoms. The Kier molecular flexibility index (Phi) is 4.49. The van der Waals surface area contributed by atoms with Crippen LogP contribution in [-0.2, 0) is 0 Å². The van der Waals surface area contributed by atoms with E-state index in [-0.39, 0.29) is 23.7 Å². The maximum atomic E-state index is 12.4. The number of hydrogen-bond donors (Lipinski definition) is 2. The van der Waals surface area contributed by atoms with Gasteiger partial charge in [-0.25, -0.2) is 0 Å². The number of phenolic OH excluding ortho intramolecular Hbond substituents is 1. The van der Waals surface area contributed by atoms with Gasteiger partial charge in [-0.1, -0.05) is 0 Å². The summed E-state index contributed by atoms with van der Waals surface area (Å²) < 4.78 is 5.00. The van der Waals surface area contributed by atoms with Crippen LogP contribution in [0.25, 0.3) is 0 Å². The fourth-order valence-corrected chi connectivity index (χ4v) is 2.57. The molecule has 0 spiro atoms. The predicted octanol–water partition coefficient (Wildman–Crippen LogP) is 1.63. The maximum absolute atomic E-state index is 12.4. The average Bonchev–Trinajstić information content (AvgIpc) is 2.46. The zero-order valence-corrected chi connectivity index (χ0v) is 11.9. The lowest BCUT2D eigenvalue weighted by molar-refractivity contribution is 0.0519. The van der Waals surface area contributed by atoms with E-state index in [4.69, 9.17) is 4.74 Å². The molecule has 0 aliphatic carbocycles. The number of benzene rings is 1. The Morgan fingerprint density at radius 1 is 1.40 bits per heavy atom. The van der Waals surface area contributed by atoms with Crippen LogP contribution in [0, 0.1) is 5.92 Å². The van der Waals surface area contributed by atoms with Crippen molar-refractivity contribution >= 4 is 5.91 Å². The molecule has 1 atom stereocenters. The van der Waals surface area contributed by atoms with Crippen LogP contribution in [0.5, 0.6) is 11.5 Å². The van der Waals surface area contributed by atoms with Crippen molar-refractivity contribution in [2.45, 2.75) is 25.9 Å². The standard InChI is InChI=1S/C15H21NO4/c1-10(17)11-5-7-16(8-6-11)15(19)13-4-3-12(20-2)9-14(13)18/h3-4,9-11,17-18H,5-8H2,1-2H3. The number of methoxy groups -OCH3 is 1. The van der Waals surface area contributed by atoms with E-state index < -0.39 is 0 Å². The molecule has 1 amide bonds. The number of piperidine rings is 1. The summed E-state index contributed by atoms with van der Waals surface area (Å²) in [6.45, 7) is 3.01. The van der Waals surface area contributed by atoms with Crippen molar-refractivity contribution in [1.29, 1.82) is 0 Å². The molecule has 2 rings (SSSR count). The molecule has 110 valence electrons. The van der Waals surface area contributed by atoms with Gasteiger partial charge in [0.25, 0.3) is 5.91 Å². The molecule has 1 aromatic carbocycles. The van der Waals surface area contributed by atoms with E-state index in [1.165, 1.54) is 13.2 Å². The van der Waals surface area contributed by atoms with E-state index in [1.807, 2.05) is 0 Å². The van der Waals surface area contributed by atoms with Gasteiger partial charge < -0.3 is 19.8 Å². The summed E-state index contributed by atoms with van der Waals surface area (Å²) in [6.07, 6.45) is 1.25. The quantitative estimate of drug-likeness (QED) is 0.882. The monoisotopic (exact) mass is 279 g/mol. The van der Waals surface area contributed by atoms with Crippen LogP contribution in [0.15, 0.2) is 18.2 Å². The first-order valence-corrected chi connectivity index (χ1v) is 6.87. The van der Waals surface area contributed by atoms with Gasteiger partial charge >= 0.3 is 0 Å². The highest BCUT2D eigenvalue weighted by Gasteiger charge is 2.27. The lowest BCUT2D eigenvalue weighted by atomic mass is 9.92. The molecule has 1 fully saturated rings. The minimum atomic E-state index is -0.332. The first-order valence-electron chi connectivity index (χ1n) is 6.87. The lowest BCUT2D eigenvalue weighted by Gasteiger charge is -2.33. The van der Waals surface area contributed by atoms with Gasteiger partial charge in [0.1, 0.15) is 11.5 Å². The number of hydrogen-bond acceptors (Lipinski definition) is 4. The number of phenols is 1. The third-order valence-electron chi connectivity index (χ3n) is 3.94. The first kappa shape index (κ1) is 14.7. The average molecular weight is 279 g/mol. The Morgan fingerprint density at radius 2 is 2.05 bits per heavy atom. The second-order valence-electron chi connectivity index (χ2n) is 5.25. The van der Waals surface area contributed by atoms with Crippen molar-refractivity contribution < 1.29 is 19.7 Å². The molecule has 5 heteroatoms. The van der Waals surface area contributed by atoms with Gasteiger partial charge in [0, 0.05) is 19.2 Å². The normalized spacial score (nSPS) is 17.9. The number of ether oxygens (including phenoxy) is 1. The van der Waals surface area contributed by atoms with E-state index in [9.17, 15) is 15.0 Å². The molecule has 0 bridgehead atoms. The van der Waals surface area contributed by atoms with Crippen molar-refractivity contribution in [2.75, 3.05) is 20.2 Å². The van der Waals surface area contributed by atoms with Crippen LogP contribution in [0.4, 0.5) is 0 Å². The summed E-state index contributed by atoms with van der Waals surface area (Å²) in [5.41, 5.74) is 0.293. The fourth-order valence-electron chi connectivity index (χ4n) is 2.57. The van der Waals surface area contributed by atoms with Gasteiger partial charge in [0.05, 0.1) is 18.8 Å². The second kappa shape index (κ2) is 6.13. The molecule has 1 heterocycles. The minimum absolute atomic E-state index is 0.0630. The molecule has 1 aliphatic rings. The van der Waals surface area contributed by atoms with Crippen molar-refractivity contribution in [3.05, 3.63) is 23.8 Å². The van der Waals surface area contributed by atoms with Crippen molar-refractivity contribution in [3.63, 3.8) is 0 Å². The van der Waals surface area contributed by atoms with Crippen LogP contribution in [0.3, 0.4) is 0 Å². The summed E-state index contributed by atoms with van der Waals surface area (Å²) in [6, 6.07) is 4.68. The number of aliphatic hydroxyl groups excluding tert-OH is 1. The van der Waals surface area contributed by atoms with Crippen LogP contribution in [0.2, 0.25) is 0 Å². The van der Waals surface area contributed by atoms with Crippen molar-refractivity contribution in [1.82, 2.24) is 4.90 Å². The molecular weight excluding hydrogens is 258 g/mol. The Balaban J connectivity index is 2.05.